The predicted molar refractivity (Wildman–Crippen MR) is 71.5 cm³/mol. The molecule has 0 radical (unpaired) electrons. The molecular formula is C15H18O5. The zero-order valence-electron chi connectivity index (χ0n) is 11.7. The van der Waals surface area contributed by atoms with Gasteiger partial charge in [0.15, 0.2) is 5.78 Å². The number of methoxy groups -OCH3 is 1. The van der Waals surface area contributed by atoms with Crippen molar-refractivity contribution in [3.8, 4) is 11.8 Å². The summed E-state index contributed by atoms with van der Waals surface area (Å²) in [4.78, 5) is 33.3. The van der Waals surface area contributed by atoms with Crippen LogP contribution in [0, 0.1) is 11.8 Å². The van der Waals surface area contributed by atoms with Gasteiger partial charge in [-0.1, -0.05) is 0 Å². The molecule has 0 spiro atoms. The van der Waals surface area contributed by atoms with Crippen LogP contribution < -0.4 is 0 Å². The van der Waals surface area contributed by atoms with E-state index in [-0.39, 0.29) is 30.6 Å². The molecule has 0 amide bonds. The van der Waals surface area contributed by atoms with E-state index in [2.05, 4.69) is 16.6 Å². The molecule has 0 saturated carbocycles. The average molecular weight is 278 g/mol. The third-order valence-corrected chi connectivity index (χ3v) is 2.78. The zero-order valence-corrected chi connectivity index (χ0v) is 11.7. The summed E-state index contributed by atoms with van der Waals surface area (Å²) >= 11 is 0. The maximum absolute atomic E-state index is 11.6. The summed E-state index contributed by atoms with van der Waals surface area (Å²) in [6, 6.07) is 0. The van der Waals surface area contributed by atoms with Crippen molar-refractivity contribution in [3.05, 3.63) is 11.6 Å². The SMILES string of the molecule is COC(=O)CCC#CCCC1=C[C@@H](OC(C)=O)CC1=O. The van der Waals surface area contributed by atoms with Crippen molar-refractivity contribution in [1.29, 1.82) is 0 Å². The van der Waals surface area contributed by atoms with Crippen molar-refractivity contribution in [2.45, 2.75) is 45.1 Å². The Morgan fingerprint density at radius 3 is 2.70 bits per heavy atom. The fourth-order valence-corrected chi connectivity index (χ4v) is 1.84. The van der Waals surface area contributed by atoms with Gasteiger partial charge in [0.1, 0.15) is 6.10 Å². The number of ether oxygens (including phenoxy) is 2. The normalized spacial score (nSPS) is 17.0. The lowest BCUT2D eigenvalue weighted by atomic mass is 10.1. The smallest absolute Gasteiger partial charge is 0.306 e. The molecule has 0 N–H and O–H groups in total. The Bertz CT molecular complexity index is 478. The van der Waals surface area contributed by atoms with Crippen molar-refractivity contribution >= 4 is 17.7 Å². The van der Waals surface area contributed by atoms with Gasteiger partial charge in [0.25, 0.3) is 0 Å². The van der Waals surface area contributed by atoms with Gasteiger partial charge >= 0.3 is 11.9 Å². The van der Waals surface area contributed by atoms with Crippen LogP contribution in [0.25, 0.3) is 0 Å². The lowest BCUT2D eigenvalue weighted by Gasteiger charge is -2.05. The van der Waals surface area contributed by atoms with E-state index in [9.17, 15) is 14.4 Å². The summed E-state index contributed by atoms with van der Waals surface area (Å²) in [6.07, 6.45) is 3.31. The molecule has 1 atom stereocenters. The zero-order chi connectivity index (χ0) is 15.0. The van der Waals surface area contributed by atoms with Crippen molar-refractivity contribution in [2.75, 3.05) is 7.11 Å². The molecule has 0 aliphatic heterocycles. The monoisotopic (exact) mass is 278 g/mol. The second kappa shape index (κ2) is 8.16. The number of carbonyl (C=O) groups excluding carboxylic acids is 3. The summed E-state index contributed by atoms with van der Waals surface area (Å²) < 4.78 is 9.47. The van der Waals surface area contributed by atoms with Gasteiger partial charge in [-0.05, 0) is 18.1 Å². The Labute approximate surface area is 118 Å². The number of hydrogen-bond donors (Lipinski definition) is 0. The van der Waals surface area contributed by atoms with E-state index in [0.29, 0.717) is 24.8 Å². The fraction of sp³-hybridized carbons (Fsp3) is 0.533. The highest BCUT2D eigenvalue weighted by Crippen LogP contribution is 2.21. The van der Waals surface area contributed by atoms with Gasteiger partial charge < -0.3 is 9.47 Å². The number of allylic oxidation sites excluding steroid dienone is 1. The van der Waals surface area contributed by atoms with Crippen LogP contribution in [0.3, 0.4) is 0 Å². The van der Waals surface area contributed by atoms with Crippen molar-refractivity contribution in [1.82, 2.24) is 0 Å². The summed E-state index contributed by atoms with van der Waals surface area (Å²) in [5.41, 5.74) is 0.665. The van der Waals surface area contributed by atoms with Crippen LogP contribution in [0.15, 0.2) is 11.6 Å². The Hall–Kier alpha value is -2.09. The van der Waals surface area contributed by atoms with Gasteiger partial charge in [0.05, 0.1) is 20.0 Å². The van der Waals surface area contributed by atoms with Crippen LogP contribution in [-0.4, -0.2) is 30.9 Å². The highest BCUT2D eigenvalue weighted by molar-refractivity contribution is 5.98. The third-order valence-electron chi connectivity index (χ3n) is 2.78. The summed E-state index contributed by atoms with van der Waals surface area (Å²) in [5, 5.41) is 0. The summed E-state index contributed by atoms with van der Waals surface area (Å²) in [7, 11) is 1.34. The summed E-state index contributed by atoms with van der Waals surface area (Å²) in [6.45, 7) is 1.32. The molecule has 1 aliphatic carbocycles. The van der Waals surface area contributed by atoms with E-state index in [0.717, 1.165) is 0 Å². The van der Waals surface area contributed by atoms with Crippen LogP contribution in [-0.2, 0) is 23.9 Å². The van der Waals surface area contributed by atoms with E-state index < -0.39 is 6.10 Å². The molecule has 5 nitrogen and oxygen atoms in total. The minimum Gasteiger partial charge on any atom is -0.469 e. The molecule has 1 aliphatic rings. The van der Waals surface area contributed by atoms with Gasteiger partial charge in [-0.3, -0.25) is 14.4 Å². The van der Waals surface area contributed by atoms with E-state index in [1.807, 2.05) is 0 Å². The maximum Gasteiger partial charge on any atom is 0.306 e. The van der Waals surface area contributed by atoms with Gasteiger partial charge in [0, 0.05) is 19.8 Å². The molecule has 20 heavy (non-hydrogen) atoms. The molecule has 108 valence electrons. The first-order valence-corrected chi connectivity index (χ1v) is 6.46. The molecule has 0 fully saturated rings. The minimum absolute atomic E-state index is 0.00705. The van der Waals surface area contributed by atoms with Crippen LogP contribution in [0.4, 0.5) is 0 Å². The summed E-state index contributed by atoms with van der Waals surface area (Å²) in [5.74, 6) is 5.11. The Morgan fingerprint density at radius 2 is 2.05 bits per heavy atom. The molecule has 0 aromatic heterocycles. The molecule has 0 aromatic rings. The van der Waals surface area contributed by atoms with E-state index in [1.165, 1.54) is 14.0 Å². The number of esters is 2. The van der Waals surface area contributed by atoms with Gasteiger partial charge in [-0.2, -0.15) is 0 Å². The largest absolute Gasteiger partial charge is 0.469 e. The quantitative estimate of drug-likeness (QED) is 0.564. The molecular weight excluding hydrogens is 260 g/mol. The second-order valence-corrected chi connectivity index (χ2v) is 4.40. The Morgan fingerprint density at radius 1 is 1.35 bits per heavy atom. The van der Waals surface area contributed by atoms with Gasteiger partial charge in [-0.25, -0.2) is 0 Å². The van der Waals surface area contributed by atoms with Crippen molar-refractivity contribution in [2.24, 2.45) is 0 Å². The fourth-order valence-electron chi connectivity index (χ4n) is 1.84. The van der Waals surface area contributed by atoms with E-state index in [1.54, 1.807) is 6.08 Å². The maximum atomic E-state index is 11.6. The highest BCUT2D eigenvalue weighted by atomic mass is 16.5. The standard InChI is InChI=1S/C15H18O5/c1-11(16)20-13-9-12(14(17)10-13)7-5-3-4-6-8-15(18)19-2/h9,13H,5-8,10H2,1-2H3/t13-/m1/s1. The molecule has 0 bridgehead atoms. The minimum atomic E-state index is -0.428. The van der Waals surface area contributed by atoms with Crippen LogP contribution in [0.1, 0.15) is 39.0 Å². The van der Waals surface area contributed by atoms with E-state index >= 15 is 0 Å². The first-order valence-electron chi connectivity index (χ1n) is 6.46. The average Bonchev–Trinajstić information content (AvgIpc) is 2.72. The number of hydrogen-bond acceptors (Lipinski definition) is 5. The lowest BCUT2D eigenvalue weighted by molar-refractivity contribution is -0.144. The molecule has 1 rings (SSSR count). The van der Waals surface area contributed by atoms with Crippen LogP contribution in [0.2, 0.25) is 0 Å². The van der Waals surface area contributed by atoms with Crippen molar-refractivity contribution < 1.29 is 23.9 Å². The molecule has 0 aromatic carbocycles. The second-order valence-electron chi connectivity index (χ2n) is 4.40. The molecule has 0 unspecified atom stereocenters. The number of Topliss-reactive ketones (excluding diaryl/α,β-unsaturated/α-hetero) is 1. The number of carbonyl (C=O) groups is 3. The molecule has 0 saturated heterocycles. The predicted octanol–water partition coefficient (Wildman–Crippen LogP) is 1.55. The molecule has 0 heterocycles. The van der Waals surface area contributed by atoms with Crippen LogP contribution in [0.5, 0.6) is 0 Å². The first-order chi connectivity index (χ1) is 9.52. The van der Waals surface area contributed by atoms with E-state index in [4.69, 9.17) is 4.74 Å². The highest BCUT2D eigenvalue weighted by Gasteiger charge is 2.25. The lowest BCUT2D eigenvalue weighted by Crippen LogP contribution is -2.12. The third kappa shape index (κ3) is 5.70. The van der Waals surface area contributed by atoms with Gasteiger partial charge in [-0.15, -0.1) is 11.8 Å². The first kappa shape index (κ1) is 16.0. The number of ketones is 1. The van der Waals surface area contributed by atoms with Crippen molar-refractivity contribution in [3.63, 3.8) is 0 Å². The number of rotatable bonds is 5. The molecule has 5 heteroatoms. The Balaban J connectivity index is 2.31. The Kier molecular flexibility index (Phi) is 6.51. The topological polar surface area (TPSA) is 69.7 Å². The van der Waals surface area contributed by atoms with Crippen LogP contribution >= 0.6 is 0 Å². The van der Waals surface area contributed by atoms with Gasteiger partial charge in [0.2, 0.25) is 0 Å².